The maximum atomic E-state index is 13.2. The molecule has 3 rings (SSSR count). The highest BCUT2D eigenvalue weighted by Crippen LogP contribution is 2.26. The first-order valence-corrected chi connectivity index (χ1v) is 8.14. The van der Waals surface area contributed by atoms with Crippen LogP contribution in [0.25, 0.3) is 11.1 Å². The van der Waals surface area contributed by atoms with Gasteiger partial charge in [0.25, 0.3) is 0 Å². The second-order valence-electron chi connectivity index (χ2n) is 5.81. The Kier molecular flexibility index (Phi) is 5.15. The maximum absolute atomic E-state index is 13.2. The molecule has 0 atom stereocenters. The SMILES string of the molecule is COc1ccc(-c2ccccc2C(=O)C#Cc2ccc(F)cc2C)cc1. The number of carbonyl (C=O) groups excluding carboxylic acids is 1. The zero-order valence-corrected chi connectivity index (χ0v) is 14.5. The fraction of sp³-hybridized carbons (Fsp3) is 0.0870. The Labute approximate surface area is 152 Å². The summed E-state index contributed by atoms with van der Waals surface area (Å²) >= 11 is 0. The van der Waals surface area contributed by atoms with Gasteiger partial charge in [0.05, 0.1) is 7.11 Å². The zero-order chi connectivity index (χ0) is 18.5. The molecule has 0 heterocycles. The van der Waals surface area contributed by atoms with Crippen molar-refractivity contribution in [2.75, 3.05) is 7.11 Å². The van der Waals surface area contributed by atoms with E-state index in [0.717, 1.165) is 16.9 Å². The van der Waals surface area contributed by atoms with Crippen LogP contribution in [0.4, 0.5) is 4.39 Å². The lowest BCUT2D eigenvalue weighted by molar-refractivity contribution is 0.105. The van der Waals surface area contributed by atoms with Gasteiger partial charge in [-0.15, -0.1) is 0 Å². The number of hydrogen-bond donors (Lipinski definition) is 0. The van der Waals surface area contributed by atoms with E-state index in [1.54, 1.807) is 26.2 Å². The molecule has 0 bridgehead atoms. The first-order valence-electron chi connectivity index (χ1n) is 8.14. The molecule has 0 aliphatic carbocycles. The van der Waals surface area contributed by atoms with Crippen molar-refractivity contribution in [3.63, 3.8) is 0 Å². The van der Waals surface area contributed by atoms with E-state index in [4.69, 9.17) is 4.74 Å². The van der Waals surface area contributed by atoms with Gasteiger partial charge in [0.15, 0.2) is 0 Å². The van der Waals surface area contributed by atoms with Gasteiger partial charge in [0, 0.05) is 11.1 Å². The van der Waals surface area contributed by atoms with Gasteiger partial charge >= 0.3 is 0 Å². The summed E-state index contributed by atoms with van der Waals surface area (Å²) in [5.74, 6) is 5.68. The van der Waals surface area contributed by atoms with E-state index in [9.17, 15) is 9.18 Å². The van der Waals surface area contributed by atoms with E-state index in [1.807, 2.05) is 42.5 Å². The molecule has 0 spiro atoms. The predicted octanol–water partition coefficient (Wildman–Crippen LogP) is 5.04. The highest BCUT2D eigenvalue weighted by atomic mass is 19.1. The largest absolute Gasteiger partial charge is 0.497 e. The second-order valence-corrected chi connectivity index (χ2v) is 5.81. The van der Waals surface area contributed by atoms with Crippen molar-refractivity contribution >= 4 is 5.78 Å². The maximum Gasteiger partial charge on any atom is 0.236 e. The molecule has 0 saturated carbocycles. The van der Waals surface area contributed by atoms with E-state index in [-0.39, 0.29) is 11.6 Å². The molecule has 3 aromatic carbocycles. The van der Waals surface area contributed by atoms with Gasteiger partial charge in [-0.2, -0.15) is 0 Å². The number of ether oxygens (including phenoxy) is 1. The molecule has 128 valence electrons. The lowest BCUT2D eigenvalue weighted by Crippen LogP contribution is -1.98. The molecule has 0 N–H and O–H groups in total. The van der Waals surface area contributed by atoms with Crippen LogP contribution < -0.4 is 4.74 Å². The number of methoxy groups -OCH3 is 1. The number of aryl methyl sites for hydroxylation is 1. The molecule has 0 fully saturated rings. The second kappa shape index (κ2) is 7.67. The Morgan fingerprint density at radius 1 is 1.00 bits per heavy atom. The molecule has 0 aromatic heterocycles. The van der Waals surface area contributed by atoms with Crippen molar-refractivity contribution in [2.24, 2.45) is 0 Å². The Bertz CT molecular complexity index is 1010. The van der Waals surface area contributed by atoms with Gasteiger partial charge in [-0.3, -0.25) is 4.79 Å². The summed E-state index contributed by atoms with van der Waals surface area (Å²) < 4.78 is 18.4. The highest BCUT2D eigenvalue weighted by Gasteiger charge is 2.10. The predicted molar refractivity (Wildman–Crippen MR) is 101 cm³/mol. The Morgan fingerprint density at radius 2 is 1.73 bits per heavy atom. The van der Waals surface area contributed by atoms with Gasteiger partial charge in [-0.05, 0) is 65.9 Å². The summed E-state index contributed by atoms with van der Waals surface area (Å²) in [5, 5.41) is 0. The summed E-state index contributed by atoms with van der Waals surface area (Å²) in [7, 11) is 1.61. The molecule has 0 aliphatic rings. The van der Waals surface area contributed by atoms with E-state index in [0.29, 0.717) is 16.7 Å². The molecule has 0 saturated heterocycles. The zero-order valence-electron chi connectivity index (χ0n) is 14.5. The molecule has 0 unspecified atom stereocenters. The molecule has 0 radical (unpaired) electrons. The standard InChI is InChI=1S/C23H17FO2/c1-16-15-19(24)11-7-17(16)10-14-23(25)22-6-4-3-5-21(22)18-8-12-20(26-2)13-9-18/h3-9,11-13,15H,1-2H3. The van der Waals surface area contributed by atoms with Crippen molar-refractivity contribution in [1.82, 2.24) is 0 Å². The summed E-state index contributed by atoms with van der Waals surface area (Å²) in [6.07, 6.45) is 0. The van der Waals surface area contributed by atoms with Crippen LogP contribution in [0.1, 0.15) is 21.5 Å². The smallest absolute Gasteiger partial charge is 0.236 e. The molecule has 3 heteroatoms. The molecular weight excluding hydrogens is 327 g/mol. The molecule has 26 heavy (non-hydrogen) atoms. The molecule has 2 nitrogen and oxygen atoms in total. The Balaban J connectivity index is 1.95. The van der Waals surface area contributed by atoms with Crippen molar-refractivity contribution in [1.29, 1.82) is 0 Å². The lowest BCUT2D eigenvalue weighted by atomic mass is 9.97. The van der Waals surface area contributed by atoms with E-state index in [1.165, 1.54) is 12.1 Å². The topological polar surface area (TPSA) is 26.3 Å². The minimum absolute atomic E-state index is 0.278. The van der Waals surface area contributed by atoms with Crippen LogP contribution >= 0.6 is 0 Å². The summed E-state index contributed by atoms with van der Waals surface area (Å²) in [6, 6.07) is 19.2. The molecular formula is C23H17FO2. The average Bonchev–Trinajstić information content (AvgIpc) is 2.67. The van der Waals surface area contributed by atoms with Crippen LogP contribution in [0.15, 0.2) is 66.7 Å². The number of ketones is 1. The molecule has 0 aliphatic heterocycles. The van der Waals surface area contributed by atoms with Crippen LogP contribution in [0.2, 0.25) is 0 Å². The van der Waals surface area contributed by atoms with Gasteiger partial charge < -0.3 is 4.74 Å². The van der Waals surface area contributed by atoms with Crippen molar-refractivity contribution in [2.45, 2.75) is 6.92 Å². The number of hydrogen-bond acceptors (Lipinski definition) is 2. The number of carbonyl (C=O) groups is 1. The Morgan fingerprint density at radius 3 is 2.42 bits per heavy atom. The quantitative estimate of drug-likeness (QED) is 0.491. The fourth-order valence-corrected chi connectivity index (χ4v) is 2.66. The number of halogens is 1. The highest BCUT2D eigenvalue weighted by molar-refractivity contribution is 6.13. The van der Waals surface area contributed by atoms with Crippen LogP contribution in [0, 0.1) is 24.6 Å². The van der Waals surface area contributed by atoms with Gasteiger partial charge in [-0.1, -0.05) is 36.3 Å². The van der Waals surface area contributed by atoms with Crippen LogP contribution in [-0.4, -0.2) is 12.9 Å². The van der Waals surface area contributed by atoms with Crippen molar-refractivity contribution in [3.8, 4) is 28.7 Å². The van der Waals surface area contributed by atoms with Crippen molar-refractivity contribution < 1.29 is 13.9 Å². The number of Topliss-reactive ketones (excluding diaryl/α,β-unsaturated/α-hetero) is 1. The first-order chi connectivity index (χ1) is 12.6. The third-order valence-electron chi connectivity index (χ3n) is 4.07. The van der Waals surface area contributed by atoms with Gasteiger partial charge in [0.2, 0.25) is 5.78 Å². The number of benzene rings is 3. The molecule has 3 aromatic rings. The van der Waals surface area contributed by atoms with E-state index >= 15 is 0 Å². The normalized spacial score (nSPS) is 9.96. The summed E-state index contributed by atoms with van der Waals surface area (Å²) in [4.78, 5) is 12.6. The van der Waals surface area contributed by atoms with Gasteiger partial charge in [-0.25, -0.2) is 4.39 Å². The van der Waals surface area contributed by atoms with E-state index < -0.39 is 0 Å². The van der Waals surface area contributed by atoms with Crippen LogP contribution in [-0.2, 0) is 0 Å². The fourth-order valence-electron chi connectivity index (χ4n) is 2.66. The summed E-state index contributed by atoms with van der Waals surface area (Å²) in [6.45, 7) is 1.77. The van der Waals surface area contributed by atoms with Crippen molar-refractivity contribution in [3.05, 3.63) is 89.2 Å². The third kappa shape index (κ3) is 3.81. The average molecular weight is 344 g/mol. The first kappa shape index (κ1) is 17.4. The van der Waals surface area contributed by atoms with Crippen LogP contribution in [0.5, 0.6) is 5.75 Å². The van der Waals surface area contributed by atoms with Crippen LogP contribution in [0.3, 0.4) is 0 Å². The minimum atomic E-state index is -0.316. The summed E-state index contributed by atoms with van der Waals surface area (Å²) in [5.41, 5.74) is 3.60. The number of rotatable bonds is 3. The Hall–Kier alpha value is -3.38. The monoisotopic (exact) mass is 344 g/mol. The lowest BCUT2D eigenvalue weighted by Gasteiger charge is -2.07. The van der Waals surface area contributed by atoms with Gasteiger partial charge in [0.1, 0.15) is 11.6 Å². The third-order valence-corrected chi connectivity index (χ3v) is 4.07. The minimum Gasteiger partial charge on any atom is -0.497 e. The molecule has 0 amide bonds. The van der Waals surface area contributed by atoms with E-state index in [2.05, 4.69) is 11.8 Å².